The monoisotopic (exact) mass is 243 g/mol. The quantitative estimate of drug-likeness (QED) is 0.535. The maximum absolute atomic E-state index is 11.7. The molecule has 0 aliphatic carbocycles. The second-order valence-electron chi connectivity index (χ2n) is 3.23. The molecule has 72 valence electrons. The smallest absolute Gasteiger partial charge is 0.237 e. The van der Waals surface area contributed by atoms with E-state index in [1.807, 2.05) is 11.8 Å². The molecular weight excluding hydrogens is 230 g/mol. The first-order valence-corrected chi connectivity index (χ1v) is 5.53. The lowest BCUT2D eigenvalue weighted by molar-refractivity contribution is -0.133. The van der Waals surface area contributed by atoms with Gasteiger partial charge in [0, 0.05) is 6.54 Å². The van der Waals surface area contributed by atoms with E-state index in [1.54, 1.807) is 0 Å². The Morgan fingerprint density at radius 2 is 2.54 bits per heavy atom. The summed E-state index contributed by atoms with van der Waals surface area (Å²) < 4.78 is 0. The van der Waals surface area contributed by atoms with Crippen LogP contribution < -0.4 is 0 Å². The lowest BCUT2D eigenvalue weighted by atomic mass is 10.1. The summed E-state index contributed by atoms with van der Waals surface area (Å²) in [7, 11) is 0. The Hall–Kier alpha value is -0.490. The van der Waals surface area contributed by atoms with Gasteiger partial charge in [-0.15, -0.1) is 6.42 Å². The Morgan fingerprint density at radius 3 is 3.08 bits per heavy atom. The summed E-state index contributed by atoms with van der Waals surface area (Å²) in [5.74, 6) is 2.81. The molecule has 0 aromatic carbocycles. The van der Waals surface area contributed by atoms with Crippen LogP contribution in [0, 0.1) is 12.3 Å². The molecule has 2 atom stereocenters. The number of rotatable bonds is 2. The number of piperidine rings is 1. The molecule has 0 N–H and O–H groups in total. The minimum absolute atomic E-state index is 0.0205. The number of terminal acetylenes is 1. The van der Waals surface area contributed by atoms with Crippen LogP contribution in [0.3, 0.4) is 0 Å². The predicted molar refractivity (Wildman–Crippen MR) is 56.6 cm³/mol. The molecule has 2 unspecified atom stereocenters. The van der Waals surface area contributed by atoms with Crippen molar-refractivity contribution in [2.24, 2.45) is 0 Å². The molecule has 0 spiro atoms. The SMILES string of the molecule is C#CC(CC)N1CCCC(Br)C1=O. The molecule has 2 nitrogen and oxygen atoms in total. The van der Waals surface area contributed by atoms with E-state index >= 15 is 0 Å². The summed E-state index contributed by atoms with van der Waals surface area (Å²) in [5, 5.41) is 0. The van der Waals surface area contributed by atoms with Gasteiger partial charge in [-0.25, -0.2) is 0 Å². The third kappa shape index (κ3) is 2.25. The van der Waals surface area contributed by atoms with Crippen molar-refractivity contribution in [2.45, 2.75) is 37.1 Å². The third-order valence-corrected chi connectivity index (χ3v) is 3.21. The molecule has 1 fully saturated rings. The number of hydrogen-bond acceptors (Lipinski definition) is 1. The number of likely N-dealkylation sites (tertiary alicyclic amines) is 1. The lowest BCUT2D eigenvalue weighted by Crippen LogP contribution is -2.47. The first kappa shape index (κ1) is 10.6. The average molecular weight is 244 g/mol. The molecule has 3 heteroatoms. The fourth-order valence-electron chi connectivity index (χ4n) is 1.59. The van der Waals surface area contributed by atoms with Crippen molar-refractivity contribution in [3.63, 3.8) is 0 Å². The molecule has 1 aliphatic heterocycles. The van der Waals surface area contributed by atoms with Gasteiger partial charge in [0.2, 0.25) is 5.91 Å². The summed E-state index contributed by atoms with van der Waals surface area (Å²) in [4.78, 5) is 13.5. The number of hydrogen-bond donors (Lipinski definition) is 0. The van der Waals surface area contributed by atoms with Crippen LogP contribution >= 0.6 is 15.9 Å². The van der Waals surface area contributed by atoms with E-state index in [9.17, 15) is 4.79 Å². The minimum atomic E-state index is -0.0244. The molecule has 0 saturated carbocycles. The van der Waals surface area contributed by atoms with Crippen LogP contribution in [-0.4, -0.2) is 28.2 Å². The van der Waals surface area contributed by atoms with Crippen LogP contribution in [0.5, 0.6) is 0 Å². The Bertz CT molecular complexity index is 234. The zero-order chi connectivity index (χ0) is 9.84. The standard InChI is InChI=1S/C10H14BrNO/c1-3-8(4-2)12-7-5-6-9(11)10(12)13/h1,8-9H,4-7H2,2H3. The molecule has 13 heavy (non-hydrogen) atoms. The number of carbonyl (C=O) groups excluding carboxylic acids is 1. The van der Waals surface area contributed by atoms with Gasteiger partial charge in [-0.05, 0) is 19.3 Å². The molecule has 0 aromatic rings. The zero-order valence-corrected chi connectivity index (χ0v) is 9.38. The van der Waals surface area contributed by atoms with Gasteiger partial charge < -0.3 is 4.90 Å². The topological polar surface area (TPSA) is 20.3 Å². The summed E-state index contributed by atoms with van der Waals surface area (Å²) in [6, 6.07) is -0.0205. The highest BCUT2D eigenvalue weighted by atomic mass is 79.9. The van der Waals surface area contributed by atoms with Crippen LogP contribution in [0.4, 0.5) is 0 Å². The molecule has 1 aliphatic rings. The van der Waals surface area contributed by atoms with Crippen LogP contribution in [0.15, 0.2) is 0 Å². The van der Waals surface area contributed by atoms with Crippen molar-refractivity contribution in [1.82, 2.24) is 4.90 Å². The maximum Gasteiger partial charge on any atom is 0.237 e. The van der Waals surface area contributed by atoms with Crippen molar-refractivity contribution in [2.75, 3.05) is 6.54 Å². The van der Waals surface area contributed by atoms with Gasteiger partial charge in [0.05, 0.1) is 10.9 Å². The van der Waals surface area contributed by atoms with E-state index in [2.05, 4.69) is 21.9 Å². The largest absolute Gasteiger partial charge is 0.328 e. The van der Waals surface area contributed by atoms with E-state index < -0.39 is 0 Å². The first-order valence-electron chi connectivity index (χ1n) is 4.61. The number of carbonyl (C=O) groups is 1. The van der Waals surface area contributed by atoms with Crippen LogP contribution in [-0.2, 0) is 4.79 Å². The highest BCUT2D eigenvalue weighted by Crippen LogP contribution is 2.21. The predicted octanol–water partition coefficient (Wildman–Crippen LogP) is 1.78. The summed E-state index contributed by atoms with van der Waals surface area (Å²) in [5.41, 5.74) is 0. The minimum Gasteiger partial charge on any atom is -0.328 e. The number of amides is 1. The molecule has 1 heterocycles. The van der Waals surface area contributed by atoms with Crippen molar-refractivity contribution in [3.05, 3.63) is 0 Å². The normalized spacial score (nSPS) is 25.5. The van der Waals surface area contributed by atoms with Crippen molar-refractivity contribution in [3.8, 4) is 12.3 Å². The molecule has 1 rings (SSSR count). The third-order valence-electron chi connectivity index (χ3n) is 2.36. The second-order valence-corrected chi connectivity index (χ2v) is 4.34. The average Bonchev–Trinajstić information content (AvgIpc) is 2.14. The van der Waals surface area contributed by atoms with E-state index in [0.29, 0.717) is 0 Å². The lowest BCUT2D eigenvalue weighted by Gasteiger charge is -2.33. The van der Waals surface area contributed by atoms with Crippen molar-refractivity contribution < 1.29 is 4.79 Å². The Balaban J connectivity index is 2.68. The molecule has 1 amide bonds. The fraction of sp³-hybridized carbons (Fsp3) is 0.700. The Labute approximate surface area is 87.8 Å². The zero-order valence-electron chi connectivity index (χ0n) is 7.79. The van der Waals surface area contributed by atoms with Gasteiger partial charge >= 0.3 is 0 Å². The first-order chi connectivity index (χ1) is 6.20. The molecule has 1 saturated heterocycles. The van der Waals surface area contributed by atoms with Gasteiger partial charge in [-0.2, -0.15) is 0 Å². The van der Waals surface area contributed by atoms with Crippen molar-refractivity contribution in [1.29, 1.82) is 0 Å². The maximum atomic E-state index is 11.7. The summed E-state index contributed by atoms with van der Waals surface area (Å²) in [6.45, 7) is 2.82. The van der Waals surface area contributed by atoms with E-state index in [4.69, 9.17) is 6.42 Å². The molecule has 0 aromatic heterocycles. The van der Waals surface area contributed by atoms with Gasteiger partial charge in [0.15, 0.2) is 0 Å². The van der Waals surface area contributed by atoms with Crippen molar-refractivity contribution >= 4 is 21.8 Å². The van der Waals surface area contributed by atoms with Gasteiger partial charge in [-0.1, -0.05) is 28.8 Å². The number of alkyl halides is 1. The Kier molecular flexibility index (Phi) is 3.80. The summed E-state index contributed by atoms with van der Waals surface area (Å²) >= 11 is 3.36. The second kappa shape index (κ2) is 4.66. The van der Waals surface area contributed by atoms with E-state index in [-0.39, 0.29) is 16.8 Å². The van der Waals surface area contributed by atoms with Crippen LogP contribution in [0.2, 0.25) is 0 Å². The molecular formula is C10H14BrNO. The van der Waals surface area contributed by atoms with Crippen LogP contribution in [0.1, 0.15) is 26.2 Å². The van der Waals surface area contributed by atoms with Crippen LogP contribution in [0.25, 0.3) is 0 Å². The highest BCUT2D eigenvalue weighted by molar-refractivity contribution is 9.10. The van der Waals surface area contributed by atoms with Gasteiger partial charge in [0.1, 0.15) is 0 Å². The molecule has 0 bridgehead atoms. The molecule has 0 radical (unpaired) electrons. The number of halogens is 1. The van der Waals surface area contributed by atoms with Gasteiger partial charge in [0.25, 0.3) is 0 Å². The summed E-state index contributed by atoms with van der Waals surface area (Å²) in [6.07, 6.45) is 8.17. The van der Waals surface area contributed by atoms with Gasteiger partial charge in [-0.3, -0.25) is 4.79 Å². The fourth-order valence-corrected chi connectivity index (χ4v) is 2.18. The van der Waals surface area contributed by atoms with E-state index in [1.165, 1.54) is 0 Å². The Morgan fingerprint density at radius 1 is 1.85 bits per heavy atom. The number of nitrogens with zero attached hydrogens (tertiary/aromatic N) is 1. The van der Waals surface area contributed by atoms with E-state index in [0.717, 1.165) is 25.8 Å². The highest BCUT2D eigenvalue weighted by Gasteiger charge is 2.29.